The zero-order valence-electron chi connectivity index (χ0n) is 16.3. The van der Waals surface area contributed by atoms with Gasteiger partial charge >= 0.3 is 0 Å². The highest BCUT2D eigenvalue weighted by atomic mass is 35.5. The number of nitrogens with one attached hydrogen (secondary N) is 2. The molecule has 4 rings (SSSR count). The fourth-order valence-electron chi connectivity index (χ4n) is 4.93. The van der Waals surface area contributed by atoms with Crippen LogP contribution in [0, 0.1) is 11.8 Å². The number of hydrogen-bond donors (Lipinski definition) is 2. The quantitative estimate of drug-likeness (QED) is 0.733. The van der Waals surface area contributed by atoms with E-state index in [1.54, 1.807) is 30.0 Å². The summed E-state index contributed by atoms with van der Waals surface area (Å²) in [4.78, 5) is 41.4. The van der Waals surface area contributed by atoms with Gasteiger partial charge in [-0.15, -0.1) is 0 Å². The summed E-state index contributed by atoms with van der Waals surface area (Å²) >= 11 is 7.91. The fraction of sp³-hybridized carbons (Fsp3) is 0.550. The summed E-state index contributed by atoms with van der Waals surface area (Å²) < 4.78 is 0. The number of halogens is 1. The summed E-state index contributed by atoms with van der Waals surface area (Å²) in [6, 6.07) is 4.93. The third kappa shape index (κ3) is 2.56. The van der Waals surface area contributed by atoms with Crippen molar-refractivity contribution in [2.24, 2.45) is 11.8 Å². The minimum absolute atomic E-state index is 0.193. The Bertz CT molecular complexity index is 884. The molecular weight excluding hydrogens is 398 g/mol. The van der Waals surface area contributed by atoms with E-state index in [1.807, 2.05) is 27.0 Å². The first kappa shape index (κ1) is 19.7. The van der Waals surface area contributed by atoms with Crippen molar-refractivity contribution in [1.82, 2.24) is 10.2 Å². The first-order valence-corrected chi connectivity index (χ1v) is 11.2. The molecule has 28 heavy (non-hydrogen) atoms. The van der Waals surface area contributed by atoms with E-state index < -0.39 is 22.9 Å². The molecule has 3 amide bonds. The summed E-state index contributed by atoms with van der Waals surface area (Å²) in [5, 5.41) is 6.80. The Balaban J connectivity index is 1.89. The van der Waals surface area contributed by atoms with Crippen LogP contribution in [0.1, 0.15) is 32.8 Å². The number of anilines is 1. The van der Waals surface area contributed by atoms with Crippen molar-refractivity contribution in [2.75, 3.05) is 17.3 Å². The molecule has 6 nitrogen and oxygen atoms in total. The number of benzene rings is 1. The second-order valence-corrected chi connectivity index (χ2v) is 10.1. The van der Waals surface area contributed by atoms with Crippen LogP contribution in [0.15, 0.2) is 18.2 Å². The van der Waals surface area contributed by atoms with Crippen molar-refractivity contribution in [3.8, 4) is 0 Å². The Morgan fingerprint density at radius 1 is 1.21 bits per heavy atom. The lowest BCUT2D eigenvalue weighted by Crippen LogP contribution is -2.55. The van der Waals surface area contributed by atoms with Crippen LogP contribution < -0.4 is 10.6 Å². The number of carbonyl (C=O) groups excluding carboxylic acids is 3. The Hall–Kier alpha value is -1.57. The van der Waals surface area contributed by atoms with Gasteiger partial charge in [0.25, 0.3) is 0 Å². The molecule has 1 aromatic rings. The molecule has 0 saturated carbocycles. The third-order valence-corrected chi connectivity index (χ3v) is 6.86. The molecule has 3 heterocycles. The van der Waals surface area contributed by atoms with E-state index in [2.05, 4.69) is 10.6 Å². The van der Waals surface area contributed by atoms with Gasteiger partial charge in [0.05, 0.1) is 11.8 Å². The van der Waals surface area contributed by atoms with Crippen molar-refractivity contribution in [3.63, 3.8) is 0 Å². The Kier molecular flexibility index (Phi) is 4.56. The molecule has 8 heteroatoms. The molecule has 0 aromatic heterocycles. The second-order valence-electron chi connectivity index (χ2n) is 8.67. The molecule has 3 aliphatic rings. The average molecular weight is 422 g/mol. The number of carbonyl (C=O) groups is 3. The fourth-order valence-corrected chi connectivity index (χ4v) is 5.59. The smallest absolute Gasteiger partial charge is 0.250 e. The van der Waals surface area contributed by atoms with Crippen LogP contribution in [-0.2, 0) is 19.9 Å². The van der Waals surface area contributed by atoms with E-state index >= 15 is 0 Å². The second kappa shape index (κ2) is 6.47. The predicted octanol–water partition coefficient (Wildman–Crippen LogP) is 2.61. The highest BCUT2D eigenvalue weighted by Crippen LogP contribution is 2.54. The first-order chi connectivity index (χ1) is 13.1. The van der Waals surface area contributed by atoms with Crippen molar-refractivity contribution in [1.29, 1.82) is 0 Å². The monoisotopic (exact) mass is 421 g/mol. The van der Waals surface area contributed by atoms with E-state index in [1.165, 1.54) is 4.90 Å². The van der Waals surface area contributed by atoms with Gasteiger partial charge in [-0.2, -0.15) is 11.8 Å². The molecule has 1 spiro atoms. The number of thioether (sulfide) groups is 1. The van der Waals surface area contributed by atoms with E-state index in [0.29, 0.717) is 22.7 Å². The van der Waals surface area contributed by atoms with Crippen LogP contribution in [0.4, 0.5) is 5.69 Å². The van der Waals surface area contributed by atoms with Crippen molar-refractivity contribution in [3.05, 3.63) is 28.8 Å². The molecule has 150 valence electrons. The number of rotatable bonds is 3. The van der Waals surface area contributed by atoms with E-state index in [-0.39, 0.29) is 23.8 Å². The summed E-state index contributed by atoms with van der Waals surface area (Å²) in [5.74, 6) is -1.27. The van der Waals surface area contributed by atoms with Crippen molar-refractivity contribution >= 4 is 46.8 Å². The average Bonchev–Trinajstić information content (AvgIpc) is 3.18. The van der Waals surface area contributed by atoms with Gasteiger partial charge in [-0.25, -0.2) is 0 Å². The van der Waals surface area contributed by atoms with Crippen molar-refractivity contribution in [2.45, 2.75) is 44.3 Å². The number of amides is 3. The molecular formula is C20H24ClN3O3S. The molecule has 2 saturated heterocycles. The normalized spacial score (nSPS) is 31.5. The summed E-state index contributed by atoms with van der Waals surface area (Å²) in [7, 11) is 0. The minimum atomic E-state index is -1.26. The summed E-state index contributed by atoms with van der Waals surface area (Å²) in [6.07, 6.45) is 2.70. The number of imide groups is 1. The highest BCUT2D eigenvalue weighted by Gasteiger charge is 2.71. The van der Waals surface area contributed by atoms with Crippen LogP contribution in [0.5, 0.6) is 0 Å². The number of nitrogens with zero attached hydrogens (tertiary/aromatic N) is 1. The molecule has 0 aliphatic carbocycles. The molecule has 0 radical (unpaired) electrons. The number of likely N-dealkylation sites (tertiary alicyclic amines) is 1. The van der Waals surface area contributed by atoms with Gasteiger partial charge in [0.1, 0.15) is 5.54 Å². The standard InChI is InChI=1S/C20H24ClN3O3S/c1-19(2,3)24-16(25)14-13(7-8-28-4)23-20(15(14)17(24)26)11-9-10(21)5-6-12(11)22-18(20)27/h5-6,9,13-15,23H,7-8H2,1-4H3,(H,22,27)/t13-,14-,15-,20-/m0/s1. The molecule has 0 bridgehead atoms. The summed E-state index contributed by atoms with van der Waals surface area (Å²) in [5.41, 5.74) is -0.610. The summed E-state index contributed by atoms with van der Waals surface area (Å²) in [6.45, 7) is 5.54. The van der Waals surface area contributed by atoms with Gasteiger partial charge in [-0.1, -0.05) is 11.6 Å². The van der Waals surface area contributed by atoms with Crippen LogP contribution in [0.2, 0.25) is 5.02 Å². The van der Waals surface area contributed by atoms with Gasteiger partial charge in [0, 0.05) is 27.9 Å². The van der Waals surface area contributed by atoms with Gasteiger partial charge in [-0.3, -0.25) is 24.6 Å². The van der Waals surface area contributed by atoms with E-state index in [9.17, 15) is 14.4 Å². The lowest BCUT2D eigenvalue weighted by molar-refractivity contribution is -0.147. The van der Waals surface area contributed by atoms with E-state index in [4.69, 9.17) is 11.6 Å². The largest absolute Gasteiger partial charge is 0.324 e. The van der Waals surface area contributed by atoms with Gasteiger partial charge in [-0.05, 0) is 57.4 Å². The molecule has 4 atom stereocenters. The lowest BCUT2D eigenvalue weighted by Gasteiger charge is -2.34. The molecule has 2 N–H and O–H groups in total. The van der Waals surface area contributed by atoms with Crippen LogP contribution >= 0.6 is 23.4 Å². The maximum absolute atomic E-state index is 13.5. The third-order valence-electron chi connectivity index (χ3n) is 5.98. The maximum Gasteiger partial charge on any atom is 0.250 e. The maximum atomic E-state index is 13.5. The van der Waals surface area contributed by atoms with Gasteiger partial charge in [0.15, 0.2) is 0 Å². The number of hydrogen-bond acceptors (Lipinski definition) is 5. The zero-order valence-corrected chi connectivity index (χ0v) is 17.9. The van der Waals surface area contributed by atoms with Crippen molar-refractivity contribution < 1.29 is 14.4 Å². The Labute approximate surface area is 173 Å². The first-order valence-electron chi connectivity index (χ1n) is 9.39. The molecule has 1 aromatic carbocycles. The van der Waals surface area contributed by atoms with Crippen LogP contribution in [0.25, 0.3) is 0 Å². The van der Waals surface area contributed by atoms with Gasteiger partial charge < -0.3 is 5.32 Å². The highest BCUT2D eigenvalue weighted by molar-refractivity contribution is 7.98. The topological polar surface area (TPSA) is 78.5 Å². The SMILES string of the molecule is CSCC[C@@H]1N[C@]2(C(=O)Nc3ccc(Cl)cc32)[C@@H]2C(=O)N(C(C)(C)C)C(=O)[C@@H]12. The van der Waals surface area contributed by atoms with E-state index in [0.717, 1.165) is 5.75 Å². The van der Waals surface area contributed by atoms with Gasteiger partial charge in [0.2, 0.25) is 17.7 Å². The molecule has 0 unspecified atom stereocenters. The zero-order chi connectivity index (χ0) is 20.4. The number of fused-ring (bicyclic) bond motifs is 4. The minimum Gasteiger partial charge on any atom is -0.324 e. The lowest BCUT2D eigenvalue weighted by atomic mass is 9.76. The predicted molar refractivity (Wildman–Crippen MR) is 110 cm³/mol. The molecule has 2 fully saturated rings. The Morgan fingerprint density at radius 2 is 1.93 bits per heavy atom. The Morgan fingerprint density at radius 3 is 2.57 bits per heavy atom. The van der Waals surface area contributed by atoms with Crippen LogP contribution in [-0.4, -0.2) is 46.2 Å². The molecule has 3 aliphatic heterocycles. The van der Waals surface area contributed by atoms with Crippen LogP contribution in [0.3, 0.4) is 0 Å².